The summed E-state index contributed by atoms with van der Waals surface area (Å²) in [6.45, 7) is 4.89. The third-order valence-corrected chi connectivity index (χ3v) is 3.42. The zero-order valence-corrected chi connectivity index (χ0v) is 12.5. The maximum absolute atomic E-state index is 14.1. The van der Waals surface area contributed by atoms with Gasteiger partial charge in [0, 0.05) is 17.0 Å². The Morgan fingerprint density at radius 3 is 2.65 bits per heavy atom. The van der Waals surface area contributed by atoms with E-state index >= 15 is 0 Å². The van der Waals surface area contributed by atoms with Crippen molar-refractivity contribution in [3.8, 4) is 0 Å². The van der Waals surface area contributed by atoms with Crippen molar-refractivity contribution in [3.05, 3.63) is 58.3 Å². The second kappa shape index (κ2) is 6.91. The molecule has 1 aromatic carbocycles. The molecular formula is C16H19ClFNO. The maximum Gasteiger partial charge on any atom is 0.129 e. The molecule has 1 unspecified atom stereocenters. The number of aryl methyl sites for hydroxylation is 1. The highest BCUT2D eigenvalue weighted by atomic mass is 35.5. The molecule has 2 nitrogen and oxygen atoms in total. The zero-order valence-electron chi connectivity index (χ0n) is 11.7. The predicted molar refractivity (Wildman–Crippen MR) is 79.6 cm³/mol. The lowest BCUT2D eigenvalue weighted by molar-refractivity contribution is 0.414. The van der Waals surface area contributed by atoms with Crippen molar-refractivity contribution >= 4 is 11.6 Å². The third kappa shape index (κ3) is 3.41. The number of benzene rings is 1. The van der Waals surface area contributed by atoms with Crippen molar-refractivity contribution in [1.82, 2.24) is 5.32 Å². The minimum Gasteiger partial charge on any atom is -0.464 e. The molecule has 20 heavy (non-hydrogen) atoms. The Balaban J connectivity index is 2.35. The second-order valence-electron chi connectivity index (χ2n) is 4.71. The van der Waals surface area contributed by atoms with Gasteiger partial charge < -0.3 is 9.73 Å². The summed E-state index contributed by atoms with van der Waals surface area (Å²) in [4.78, 5) is 0. The van der Waals surface area contributed by atoms with Gasteiger partial charge in [0.1, 0.15) is 17.3 Å². The number of furan rings is 1. The Kier molecular flexibility index (Phi) is 5.21. The maximum atomic E-state index is 14.1. The van der Waals surface area contributed by atoms with Crippen molar-refractivity contribution in [2.24, 2.45) is 0 Å². The first-order chi connectivity index (χ1) is 9.65. The Labute approximate surface area is 123 Å². The molecule has 4 heteroatoms. The first kappa shape index (κ1) is 15.1. The van der Waals surface area contributed by atoms with E-state index in [0.717, 1.165) is 30.9 Å². The highest BCUT2D eigenvalue weighted by Gasteiger charge is 2.20. The minimum absolute atomic E-state index is 0.285. The largest absolute Gasteiger partial charge is 0.464 e. The van der Waals surface area contributed by atoms with Crippen LogP contribution in [0.1, 0.15) is 43.4 Å². The van der Waals surface area contributed by atoms with Crippen LogP contribution in [0.3, 0.4) is 0 Å². The molecule has 1 atom stereocenters. The standard InChI is InChI=1S/C16H19ClFNO/c1-3-9-19-16(15-8-6-12(4-2)20-15)13-7-5-11(17)10-14(13)18/h5-8,10,16,19H,3-4,9H2,1-2H3. The average Bonchev–Trinajstić information content (AvgIpc) is 2.90. The summed E-state index contributed by atoms with van der Waals surface area (Å²) in [5, 5.41) is 3.72. The highest BCUT2D eigenvalue weighted by molar-refractivity contribution is 6.30. The molecule has 0 amide bonds. The summed E-state index contributed by atoms with van der Waals surface area (Å²) in [6.07, 6.45) is 1.79. The molecule has 2 rings (SSSR count). The second-order valence-corrected chi connectivity index (χ2v) is 5.15. The van der Waals surface area contributed by atoms with Gasteiger partial charge in [-0.3, -0.25) is 0 Å². The van der Waals surface area contributed by atoms with Crippen LogP contribution in [-0.2, 0) is 6.42 Å². The van der Waals surface area contributed by atoms with Crippen LogP contribution < -0.4 is 5.32 Å². The van der Waals surface area contributed by atoms with Gasteiger partial charge >= 0.3 is 0 Å². The molecule has 0 saturated carbocycles. The van der Waals surface area contributed by atoms with Crippen molar-refractivity contribution in [1.29, 1.82) is 0 Å². The van der Waals surface area contributed by atoms with Crippen LogP contribution in [0.5, 0.6) is 0 Å². The molecule has 0 bridgehead atoms. The van der Waals surface area contributed by atoms with Gasteiger partial charge in [0.25, 0.3) is 0 Å². The lowest BCUT2D eigenvalue weighted by atomic mass is 10.0. The topological polar surface area (TPSA) is 25.2 Å². The molecule has 0 radical (unpaired) electrons. The number of nitrogens with one attached hydrogen (secondary N) is 1. The monoisotopic (exact) mass is 295 g/mol. The Morgan fingerprint density at radius 2 is 2.05 bits per heavy atom. The molecule has 0 fully saturated rings. The Bertz CT molecular complexity index is 567. The van der Waals surface area contributed by atoms with E-state index in [1.807, 2.05) is 19.1 Å². The van der Waals surface area contributed by atoms with Gasteiger partial charge in [-0.1, -0.05) is 31.5 Å². The number of rotatable bonds is 6. The first-order valence-electron chi connectivity index (χ1n) is 6.92. The predicted octanol–water partition coefficient (Wildman–Crippen LogP) is 4.72. The molecule has 2 aromatic rings. The van der Waals surface area contributed by atoms with Crippen LogP contribution >= 0.6 is 11.6 Å². The van der Waals surface area contributed by atoms with Crippen LogP contribution in [0.4, 0.5) is 4.39 Å². The lowest BCUT2D eigenvalue weighted by Crippen LogP contribution is -2.23. The van der Waals surface area contributed by atoms with E-state index in [9.17, 15) is 4.39 Å². The minimum atomic E-state index is -0.319. The molecule has 1 heterocycles. The summed E-state index contributed by atoms with van der Waals surface area (Å²) >= 11 is 5.81. The van der Waals surface area contributed by atoms with Crippen molar-refractivity contribution in [2.75, 3.05) is 6.54 Å². The normalized spacial score (nSPS) is 12.6. The van der Waals surface area contributed by atoms with Crippen molar-refractivity contribution in [3.63, 3.8) is 0 Å². The Morgan fingerprint density at radius 1 is 1.25 bits per heavy atom. The van der Waals surface area contributed by atoms with Gasteiger partial charge in [-0.25, -0.2) is 4.39 Å². The fourth-order valence-corrected chi connectivity index (χ4v) is 2.29. The van der Waals surface area contributed by atoms with Gasteiger partial charge in [0.15, 0.2) is 0 Å². The number of hydrogen-bond donors (Lipinski definition) is 1. The van der Waals surface area contributed by atoms with Crippen LogP contribution in [0, 0.1) is 5.82 Å². The van der Waals surface area contributed by atoms with Gasteiger partial charge in [-0.15, -0.1) is 0 Å². The molecule has 108 valence electrons. The lowest BCUT2D eigenvalue weighted by Gasteiger charge is -2.17. The quantitative estimate of drug-likeness (QED) is 0.834. The third-order valence-electron chi connectivity index (χ3n) is 3.19. The fraction of sp³-hybridized carbons (Fsp3) is 0.375. The first-order valence-corrected chi connectivity index (χ1v) is 7.30. The molecule has 0 aliphatic rings. The van der Waals surface area contributed by atoms with Gasteiger partial charge in [-0.05, 0) is 37.2 Å². The van der Waals surface area contributed by atoms with E-state index in [4.69, 9.17) is 16.0 Å². The smallest absolute Gasteiger partial charge is 0.129 e. The SMILES string of the molecule is CCCNC(c1ccc(CC)o1)c1ccc(Cl)cc1F. The highest BCUT2D eigenvalue weighted by Crippen LogP contribution is 2.28. The number of halogens is 2. The average molecular weight is 296 g/mol. The molecule has 1 N–H and O–H groups in total. The van der Waals surface area contributed by atoms with E-state index in [1.54, 1.807) is 12.1 Å². The molecule has 0 aliphatic heterocycles. The molecule has 0 spiro atoms. The summed E-state index contributed by atoms with van der Waals surface area (Å²) in [7, 11) is 0. The summed E-state index contributed by atoms with van der Waals surface area (Å²) in [5.41, 5.74) is 0.555. The summed E-state index contributed by atoms with van der Waals surface area (Å²) in [6, 6.07) is 8.29. The summed E-state index contributed by atoms with van der Waals surface area (Å²) < 4.78 is 19.9. The number of hydrogen-bond acceptors (Lipinski definition) is 2. The van der Waals surface area contributed by atoms with Crippen LogP contribution in [-0.4, -0.2) is 6.54 Å². The fourth-order valence-electron chi connectivity index (χ4n) is 2.13. The molecule has 0 saturated heterocycles. The zero-order chi connectivity index (χ0) is 14.5. The van der Waals surface area contributed by atoms with E-state index < -0.39 is 0 Å². The molecule has 1 aromatic heterocycles. The van der Waals surface area contributed by atoms with E-state index in [0.29, 0.717) is 10.6 Å². The van der Waals surface area contributed by atoms with Crippen LogP contribution in [0.2, 0.25) is 5.02 Å². The molecule has 0 aliphatic carbocycles. The molecular weight excluding hydrogens is 277 g/mol. The van der Waals surface area contributed by atoms with Gasteiger partial charge in [-0.2, -0.15) is 0 Å². The van der Waals surface area contributed by atoms with E-state index in [-0.39, 0.29) is 11.9 Å². The Hall–Kier alpha value is -1.32. The van der Waals surface area contributed by atoms with Crippen LogP contribution in [0.15, 0.2) is 34.7 Å². The van der Waals surface area contributed by atoms with E-state index in [1.165, 1.54) is 6.07 Å². The van der Waals surface area contributed by atoms with Crippen LogP contribution in [0.25, 0.3) is 0 Å². The van der Waals surface area contributed by atoms with Crippen molar-refractivity contribution in [2.45, 2.75) is 32.7 Å². The van der Waals surface area contributed by atoms with Gasteiger partial charge in [0.05, 0.1) is 6.04 Å². The van der Waals surface area contributed by atoms with Gasteiger partial charge in [0.2, 0.25) is 0 Å². The van der Waals surface area contributed by atoms with Crippen molar-refractivity contribution < 1.29 is 8.81 Å². The summed E-state index contributed by atoms with van der Waals surface area (Å²) in [5.74, 6) is 1.31. The van der Waals surface area contributed by atoms with E-state index in [2.05, 4.69) is 12.2 Å².